The van der Waals surface area contributed by atoms with Crippen LogP contribution in [0.5, 0.6) is 0 Å². The first-order valence-electron chi connectivity index (χ1n) is 9.35. The summed E-state index contributed by atoms with van der Waals surface area (Å²) in [5.74, 6) is -0.103. The van der Waals surface area contributed by atoms with E-state index >= 15 is 0 Å². The summed E-state index contributed by atoms with van der Waals surface area (Å²) >= 11 is 1.57. The van der Waals surface area contributed by atoms with Crippen LogP contribution in [0.1, 0.15) is 21.5 Å². The Hall–Kier alpha value is -3.44. The Morgan fingerprint density at radius 1 is 0.897 bits per heavy atom. The van der Waals surface area contributed by atoms with Gasteiger partial charge >= 0.3 is 0 Å². The maximum absolute atomic E-state index is 12.5. The minimum Gasteiger partial charge on any atom is -0.332 e. The van der Waals surface area contributed by atoms with E-state index in [2.05, 4.69) is 34.7 Å². The molecule has 0 saturated carbocycles. The second kappa shape index (κ2) is 8.29. The van der Waals surface area contributed by atoms with Crippen molar-refractivity contribution in [1.82, 2.24) is 4.98 Å². The van der Waals surface area contributed by atoms with Gasteiger partial charge in [0.15, 0.2) is 5.13 Å². The summed E-state index contributed by atoms with van der Waals surface area (Å²) in [6.07, 6.45) is 0. The molecule has 0 unspecified atom stereocenters. The molecule has 4 aromatic rings. The molecule has 0 spiro atoms. The number of hydrogen-bond donors (Lipinski definition) is 2. The number of amides is 1. The van der Waals surface area contributed by atoms with Crippen LogP contribution in [0.2, 0.25) is 0 Å². The number of rotatable bonds is 5. The van der Waals surface area contributed by atoms with Gasteiger partial charge < -0.3 is 10.6 Å². The predicted octanol–water partition coefficient (Wildman–Crippen LogP) is 6.42. The number of aromatic nitrogens is 1. The zero-order chi connectivity index (χ0) is 20.2. The van der Waals surface area contributed by atoms with Gasteiger partial charge in [-0.3, -0.25) is 4.79 Å². The van der Waals surface area contributed by atoms with Crippen molar-refractivity contribution in [3.63, 3.8) is 0 Å². The highest BCUT2D eigenvalue weighted by atomic mass is 32.1. The smallest absolute Gasteiger partial charge is 0.255 e. The molecular formula is C24H21N3OS. The lowest BCUT2D eigenvalue weighted by Crippen LogP contribution is -2.13. The van der Waals surface area contributed by atoms with Gasteiger partial charge in [0, 0.05) is 27.9 Å². The van der Waals surface area contributed by atoms with Gasteiger partial charge in [-0.15, -0.1) is 11.3 Å². The van der Waals surface area contributed by atoms with Gasteiger partial charge in [-0.25, -0.2) is 4.98 Å². The lowest BCUT2D eigenvalue weighted by Gasteiger charge is -2.08. The van der Waals surface area contributed by atoms with Crippen LogP contribution in [0.25, 0.3) is 11.3 Å². The van der Waals surface area contributed by atoms with Crippen LogP contribution in [0.4, 0.5) is 16.5 Å². The molecule has 0 fully saturated rings. The van der Waals surface area contributed by atoms with Crippen molar-refractivity contribution < 1.29 is 4.79 Å². The molecule has 5 heteroatoms. The average Bonchev–Trinajstić information content (AvgIpc) is 3.17. The maximum Gasteiger partial charge on any atom is 0.255 e. The number of carbonyl (C=O) groups excluding carboxylic acids is 1. The lowest BCUT2D eigenvalue weighted by molar-refractivity contribution is 0.102. The average molecular weight is 400 g/mol. The molecule has 2 N–H and O–H groups in total. The van der Waals surface area contributed by atoms with E-state index in [1.807, 2.05) is 73.0 Å². The fourth-order valence-electron chi connectivity index (χ4n) is 3.06. The molecule has 3 aromatic carbocycles. The topological polar surface area (TPSA) is 54.0 Å². The first-order valence-corrected chi connectivity index (χ1v) is 10.2. The molecule has 0 saturated heterocycles. The summed E-state index contributed by atoms with van der Waals surface area (Å²) in [6.45, 7) is 4.00. The fraction of sp³-hybridized carbons (Fsp3) is 0.0833. The second-order valence-electron chi connectivity index (χ2n) is 6.88. The van der Waals surface area contributed by atoms with Crippen molar-refractivity contribution in [1.29, 1.82) is 0 Å². The van der Waals surface area contributed by atoms with E-state index in [4.69, 9.17) is 0 Å². The monoisotopic (exact) mass is 399 g/mol. The zero-order valence-corrected chi connectivity index (χ0v) is 17.1. The Kier molecular flexibility index (Phi) is 5.40. The Labute approximate surface area is 174 Å². The first-order chi connectivity index (χ1) is 14.1. The van der Waals surface area contributed by atoms with Gasteiger partial charge in [0.2, 0.25) is 0 Å². The Morgan fingerprint density at radius 2 is 1.69 bits per heavy atom. The number of anilines is 3. The van der Waals surface area contributed by atoms with Gasteiger partial charge in [0.05, 0.1) is 5.69 Å². The van der Waals surface area contributed by atoms with Crippen LogP contribution in [0.3, 0.4) is 0 Å². The van der Waals surface area contributed by atoms with Crippen molar-refractivity contribution in [2.45, 2.75) is 13.8 Å². The van der Waals surface area contributed by atoms with Crippen LogP contribution in [0, 0.1) is 13.8 Å². The van der Waals surface area contributed by atoms with Gasteiger partial charge in [-0.2, -0.15) is 0 Å². The van der Waals surface area contributed by atoms with Crippen molar-refractivity contribution in [2.75, 3.05) is 10.6 Å². The molecule has 0 radical (unpaired) electrons. The van der Waals surface area contributed by atoms with E-state index in [1.165, 1.54) is 5.56 Å². The van der Waals surface area contributed by atoms with E-state index < -0.39 is 0 Å². The van der Waals surface area contributed by atoms with E-state index in [9.17, 15) is 4.79 Å². The van der Waals surface area contributed by atoms with E-state index in [0.717, 1.165) is 33.3 Å². The highest BCUT2D eigenvalue weighted by molar-refractivity contribution is 7.14. The number of carbonyl (C=O) groups is 1. The zero-order valence-electron chi connectivity index (χ0n) is 16.3. The normalized spacial score (nSPS) is 10.6. The third-order valence-corrected chi connectivity index (χ3v) is 5.36. The summed E-state index contributed by atoms with van der Waals surface area (Å²) in [4.78, 5) is 17.1. The van der Waals surface area contributed by atoms with Crippen LogP contribution in [0.15, 0.2) is 78.2 Å². The second-order valence-corrected chi connectivity index (χ2v) is 7.74. The molecule has 0 atom stereocenters. The van der Waals surface area contributed by atoms with E-state index in [-0.39, 0.29) is 5.91 Å². The summed E-state index contributed by atoms with van der Waals surface area (Å²) in [5.41, 5.74) is 6.54. The number of benzene rings is 3. The highest BCUT2D eigenvalue weighted by Gasteiger charge is 2.09. The Bertz CT molecular complexity index is 1150. The van der Waals surface area contributed by atoms with Crippen LogP contribution in [-0.4, -0.2) is 10.9 Å². The summed E-state index contributed by atoms with van der Waals surface area (Å²) in [5, 5.41) is 9.17. The minimum atomic E-state index is -0.103. The van der Waals surface area contributed by atoms with Crippen molar-refractivity contribution >= 4 is 33.8 Å². The third kappa shape index (κ3) is 4.52. The van der Waals surface area contributed by atoms with Gasteiger partial charge in [-0.05, 0) is 55.3 Å². The molecule has 0 bridgehead atoms. The standard InChI is InChI=1S/C24H21N3OS/c1-16-6-5-8-20(14-16)26-24-27-22(15-29-24)18-10-12-19(13-11-18)25-23(28)21-9-4-3-7-17(21)2/h3-15H,1-2H3,(H,25,28)(H,26,27). The highest BCUT2D eigenvalue weighted by Crippen LogP contribution is 2.28. The number of nitrogens with zero attached hydrogens (tertiary/aromatic N) is 1. The minimum absolute atomic E-state index is 0.103. The molecule has 0 aliphatic rings. The molecule has 1 aromatic heterocycles. The van der Waals surface area contributed by atoms with Crippen molar-refractivity contribution in [2.24, 2.45) is 0 Å². The number of thiazole rings is 1. The fourth-order valence-corrected chi connectivity index (χ4v) is 3.80. The quantitative estimate of drug-likeness (QED) is 0.407. The third-order valence-electron chi connectivity index (χ3n) is 4.60. The van der Waals surface area contributed by atoms with Gasteiger partial charge in [-0.1, -0.05) is 42.5 Å². The molecule has 144 valence electrons. The van der Waals surface area contributed by atoms with Crippen LogP contribution >= 0.6 is 11.3 Å². The first kappa shape index (κ1) is 18.9. The SMILES string of the molecule is Cc1cccc(Nc2nc(-c3ccc(NC(=O)c4ccccc4C)cc3)cs2)c1. The molecule has 0 aliphatic heterocycles. The summed E-state index contributed by atoms with van der Waals surface area (Å²) in [7, 11) is 0. The van der Waals surface area contributed by atoms with Gasteiger partial charge in [0.25, 0.3) is 5.91 Å². The summed E-state index contributed by atoms with van der Waals surface area (Å²) in [6, 6.07) is 23.5. The molecular weight excluding hydrogens is 378 g/mol. The van der Waals surface area contributed by atoms with E-state index in [0.29, 0.717) is 5.56 Å². The van der Waals surface area contributed by atoms with E-state index in [1.54, 1.807) is 11.3 Å². The van der Waals surface area contributed by atoms with Crippen molar-refractivity contribution in [3.05, 3.63) is 94.9 Å². The molecule has 0 aliphatic carbocycles. The number of hydrogen-bond acceptors (Lipinski definition) is 4. The molecule has 4 nitrogen and oxygen atoms in total. The number of aryl methyl sites for hydroxylation is 2. The maximum atomic E-state index is 12.5. The summed E-state index contributed by atoms with van der Waals surface area (Å²) < 4.78 is 0. The van der Waals surface area contributed by atoms with Crippen LogP contribution in [-0.2, 0) is 0 Å². The molecule has 1 heterocycles. The van der Waals surface area contributed by atoms with Crippen LogP contribution < -0.4 is 10.6 Å². The Balaban J connectivity index is 1.45. The van der Waals surface area contributed by atoms with Gasteiger partial charge in [0.1, 0.15) is 0 Å². The molecule has 29 heavy (non-hydrogen) atoms. The Morgan fingerprint density at radius 3 is 2.45 bits per heavy atom. The number of nitrogens with one attached hydrogen (secondary N) is 2. The van der Waals surface area contributed by atoms with Crippen molar-refractivity contribution in [3.8, 4) is 11.3 Å². The molecule has 1 amide bonds. The predicted molar refractivity (Wildman–Crippen MR) is 121 cm³/mol. The molecule has 4 rings (SSSR count). The largest absolute Gasteiger partial charge is 0.332 e. The lowest BCUT2D eigenvalue weighted by atomic mass is 10.1.